The van der Waals surface area contributed by atoms with Crippen LogP contribution in [-0.2, 0) is 0 Å². The summed E-state index contributed by atoms with van der Waals surface area (Å²) >= 11 is 5.83. The van der Waals surface area contributed by atoms with Gasteiger partial charge in [-0.1, -0.05) is 17.7 Å². The molecule has 0 aliphatic rings. The summed E-state index contributed by atoms with van der Waals surface area (Å²) in [6, 6.07) is 3.68. The highest BCUT2D eigenvalue weighted by atomic mass is 35.5. The lowest BCUT2D eigenvalue weighted by atomic mass is 10.1. The Morgan fingerprint density at radius 2 is 1.82 bits per heavy atom. The second-order valence-corrected chi connectivity index (χ2v) is 7.13. The van der Waals surface area contributed by atoms with Gasteiger partial charge in [-0.15, -0.1) is 0 Å². The molecule has 0 aliphatic heterocycles. The van der Waals surface area contributed by atoms with Crippen LogP contribution in [-0.4, -0.2) is 49.4 Å². The van der Waals surface area contributed by atoms with E-state index < -0.39 is 65.2 Å². The fourth-order valence-electron chi connectivity index (χ4n) is 2.42. The molecule has 33 heavy (non-hydrogen) atoms. The molecule has 0 fully saturated rings. The monoisotopic (exact) mass is 497 g/mol. The van der Waals surface area contributed by atoms with Crippen LogP contribution >= 0.6 is 11.6 Å². The van der Waals surface area contributed by atoms with Crippen LogP contribution in [0.2, 0.25) is 5.02 Å². The first-order chi connectivity index (χ1) is 15.3. The van der Waals surface area contributed by atoms with Crippen LogP contribution < -0.4 is 15.4 Å². The zero-order chi connectivity index (χ0) is 24.9. The van der Waals surface area contributed by atoms with E-state index in [1.54, 1.807) is 0 Å². The van der Waals surface area contributed by atoms with Crippen molar-refractivity contribution < 1.29 is 40.7 Å². The number of anilines is 2. The number of nitrogens with one attached hydrogen (secondary N) is 2. The molecule has 0 radical (unpaired) electrons. The van der Waals surface area contributed by atoms with Crippen molar-refractivity contribution in [1.29, 1.82) is 0 Å². The van der Waals surface area contributed by atoms with E-state index in [0.29, 0.717) is 19.1 Å². The fraction of sp³-hybridized carbons (Fsp3) is 0.300. The van der Waals surface area contributed by atoms with Gasteiger partial charge in [0.15, 0.2) is 6.10 Å². The van der Waals surface area contributed by atoms with Crippen LogP contribution in [0.15, 0.2) is 30.3 Å². The average Bonchev–Trinajstić information content (AvgIpc) is 2.72. The first-order valence-corrected chi connectivity index (χ1v) is 9.63. The van der Waals surface area contributed by atoms with Gasteiger partial charge >= 0.3 is 12.2 Å². The van der Waals surface area contributed by atoms with Crippen LogP contribution in [0.4, 0.5) is 42.5 Å². The average molecular weight is 498 g/mol. The Kier molecular flexibility index (Phi) is 8.42. The Labute approximate surface area is 189 Å². The minimum absolute atomic E-state index is 0.213. The van der Waals surface area contributed by atoms with Crippen molar-refractivity contribution in [3.05, 3.63) is 52.6 Å². The number of ether oxygens (including phenoxy) is 1. The third-order valence-corrected chi connectivity index (χ3v) is 4.60. The van der Waals surface area contributed by atoms with Gasteiger partial charge in [0.05, 0.1) is 28.5 Å². The van der Waals surface area contributed by atoms with E-state index in [-0.39, 0.29) is 11.6 Å². The highest BCUT2D eigenvalue weighted by molar-refractivity contribution is 6.34. The van der Waals surface area contributed by atoms with Gasteiger partial charge in [0.2, 0.25) is 0 Å². The Morgan fingerprint density at radius 3 is 2.39 bits per heavy atom. The molecule has 3 amide bonds. The third-order valence-electron chi connectivity index (χ3n) is 4.29. The Morgan fingerprint density at radius 1 is 1.15 bits per heavy atom. The van der Waals surface area contributed by atoms with E-state index in [9.17, 15) is 35.9 Å². The van der Waals surface area contributed by atoms with Gasteiger partial charge in [0.25, 0.3) is 5.91 Å². The number of nitrogens with zero attached hydrogens (tertiary/aromatic N) is 1. The minimum atomic E-state index is -4.85. The lowest BCUT2D eigenvalue weighted by Crippen LogP contribution is -2.33. The number of benzene rings is 2. The second kappa shape index (κ2) is 10.6. The number of carbonyl (C=O) groups is 2. The Hall–Kier alpha value is -3.15. The largest absolute Gasteiger partial charge is 0.480 e. The summed E-state index contributed by atoms with van der Waals surface area (Å²) in [5.74, 6) is -4.14. The predicted octanol–water partition coefficient (Wildman–Crippen LogP) is 5.63. The van der Waals surface area contributed by atoms with E-state index in [1.807, 2.05) is 0 Å². The normalized spacial score (nSPS) is 12.2. The van der Waals surface area contributed by atoms with Crippen molar-refractivity contribution in [2.45, 2.75) is 19.2 Å². The van der Waals surface area contributed by atoms with E-state index in [2.05, 4.69) is 10.6 Å². The third kappa shape index (κ3) is 6.67. The van der Waals surface area contributed by atoms with Crippen molar-refractivity contribution in [2.75, 3.05) is 30.9 Å². The SMILES string of the molecule is C[C@H](Oc1cc(NC(=O)N(C)CCF)c(F)cc1C(=O)Nc1c(F)cccc1Cl)C(F)(F)F. The van der Waals surface area contributed by atoms with Crippen LogP contribution in [0, 0.1) is 11.6 Å². The maximum absolute atomic E-state index is 14.6. The predicted molar refractivity (Wildman–Crippen MR) is 110 cm³/mol. The summed E-state index contributed by atoms with van der Waals surface area (Å²) in [6.45, 7) is -0.570. The van der Waals surface area contributed by atoms with E-state index >= 15 is 0 Å². The van der Waals surface area contributed by atoms with Crippen molar-refractivity contribution >= 4 is 34.9 Å². The molecule has 13 heteroatoms. The van der Waals surface area contributed by atoms with Crippen LogP contribution in [0.25, 0.3) is 0 Å². The number of urea groups is 1. The molecule has 0 aliphatic carbocycles. The number of carbonyl (C=O) groups excluding carboxylic acids is 2. The molecule has 180 valence electrons. The smallest absolute Gasteiger partial charge is 0.425 e. The first kappa shape index (κ1) is 26.1. The minimum Gasteiger partial charge on any atom is -0.480 e. The van der Waals surface area contributed by atoms with Gasteiger partial charge in [0.1, 0.15) is 24.1 Å². The summed E-state index contributed by atoms with van der Waals surface area (Å²) in [5, 5.41) is 3.90. The van der Waals surface area contributed by atoms with E-state index in [4.69, 9.17) is 16.3 Å². The molecule has 0 saturated carbocycles. The molecule has 2 N–H and O–H groups in total. The van der Waals surface area contributed by atoms with Crippen LogP contribution in [0.1, 0.15) is 17.3 Å². The molecule has 0 bridgehead atoms. The highest BCUT2D eigenvalue weighted by Gasteiger charge is 2.39. The van der Waals surface area contributed by atoms with Gasteiger partial charge in [-0.3, -0.25) is 4.79 Å². The molecular weight excluding hydrogens is 480 g/mol. The fourth-order valence-corrected chi connectivity index (χ4v) is 2.63. The lowest BCUT2D eigenvalue weighted by molar-refractivity contribution is -0.189. The summed E-state index contributed by atoms with van der Waals surface area (Å²) in [6.07, 6.45) is -7.27. The number of para-hydroxylation sites is 1. The zero-order valence-electron chi connectivity index (χ0n) is 17.2. The van der Waals surface area contributed by atoms with Gasteiger partial charge in [-0.05, 0) is 25.1 Å². The Balaban J connectivity index is 2.46. The number of rotatable bonds is 7. The topological polar surface area (TPSA) is 70.7 Å². The highest BCUT2D eigenvalue weighted by Crippen LogP contribution is 2.33. The van der Waals surface area contributed by atoms with Crippen molar-refractivity contribution in [3.63, 3.8) is 0 Å². The molecule has 2 aromatic rings. The van der Waals surface area contributed by atoms with Gasteiger partial charge in [-0.2, -0.15) is 13.2 Å². The first-order valence-electron chi connectivity index (χ1n) is 9.25. The number of alkyl halides is 4. The maximum atomic E-state index is 14.6. The quantitative estimate of drug-likeness (QED) is 0.487. The van der Waals surface area contributed by atoms with E-state index in [0.717, 1.165) is 11.0 Å². The molecule has 2 rings (SSSR count). The zero-order valence-corrected chi connectivity index (χ0v) is 18.0. The maximum Gasteiger partial charge on any atom is 0.425 e. The number of hydrogen-bond donors (Lipinski definition) is 2. The van der Waals surface area contributed by atoms with Gasteiger partial charge in [0, 0.05) is 13.1 Å². The molecule has 0 unspecified atom stereocenters. The van der Waals surface area contributed by atoms with Crippen molar-refractivity contribution in [1.82, 2.24) is 4.90 Å². The number of amides is 3. The van der Waals surface area contributed by atoms with Gasteiger partial charge < -0.3 is 20.3 Å². The van der Waals surface area contributed by atoms with Crippen LogP contribution in [0.5, 0.6) is 5.75 Å². The number of halogens is 7. The number of hydrogen-bond acceptors (Lipinski definition) is 3. The molecular formula is C20H18ClF6N3O3. The molecule has 0 heterocycles. The lowest BCUT2D eigenvalue weighted by Gasteiger charge is -2.21. The van der Waals surface area contributed by atoms with E-state index in [1.165, 1.54) is 19.2 Å². The summed E-state index contributed by atoms with van der Waals surface area (Å²) < 4.78 is 84.9. The standard InChI is InChI=1S/C20H18ClF6N3O3/c1-10(20(25,26)27)33-16-9-15(28-19(32)30(2)7-6-22)14(24)8-11(16)18(31)29-17-12(21)4-3-5-13(17)23/h3-5,8-10H,6-7H2,1-2H3,(H,28,32)(H,29,31)/t10-/m0/s1. The van der Waals surface area contributed by atoms with Crippen LogP contribution in [0.3, 0.4) is 0 Å². The van der Waals surface area contributed by atoms with Crippen molar-refractivity contribution in [2.24, 2.45) is 0 Å². The molecule has 1 atom stereocenters. The summed E-state index contributed by atoms with van der Waals surface area (Å²) in [5.41, 5.74) is -1.83. The second-order valence-electron chi connectivity index (χ2n) is 6.72. The molecule has 0 saturated heterocycles. The molecule has 2 aromatic carbocycles. The molecule has 0 aromatic heterocycles. The summed E-state index contributed by atoms with van der Waals surface area (Å²) in [7, 11) is 1.20. The molecule has 0 spiro atoms. The molecule has 6 nitrogen and oxygen atoms in total. The van der Waals surface area contributed by atoms with Crippen molar-refractivity contribution in [3.8, 4) is 5.75 Å². The summed E-state index contributed by atoms with van der Waals surface area (Å²) in [4.78, 5) is 25.5. The van der Waals surface area contributed by atoms with Gasteiger partial charge in [-0.25, -0.2) is 18.0 Å². The Bertz CT molecular complexity index is 1010.